The van der Waals surface area contributed by atoms with Crippen LogP contribution in [0.15, 0.2) is 53.1 Å². The molecular weight excluding hydrogens is 392 g/mol. The SMILES string of the molecule is CC(C)c1ccc(-c2noc(CCC(=O)Nc3ccccc3N3CCCC3=O)n2)cc1. The van der Waals surface area contributed by atoms with Gasteiger partial charge in [-0.2, -0.15) is 4.98 Å². The van der Waals surface area contributed by atoms with Crippen molar-refractivity contribution in [2.45, 2.75) is 45.4 Å². The third-order valence-corrected chi connectivity index (χ3v) is 5.41. The molecule has 31 heavy (non-hydrogen) atoms. The Bertz CT molecular complexity index is 1070. The molecule has 1 fully saturated rings. The fourth-order valence-electron chi connectivity index (χ4n) is 3.64. The fraction of sp³-hybridized carbons (Fsp3) is 0.333. The molecular formula is C24H26N4O3. The third kappa shape index (κ3) is 4.82. The molecule has 0 saturated carbocycles. The van der Waals surface area contributed by atoms with E-state index in [9.17, 15) is 9.59 Å². The second-order valence-corrected chi connectivity index (χ2v) is 8.00. The molecule has 1 N–H and O–H groups in total. The van der Waals surface area contributed by atoms with Gasteiger partial charge in [0.15, 0.2) is 0 Å². The molecule has 0 radical (unpaired) electrons. The van der Waals surface area contributed by atoms with Crippen LogP contribution in [0.4, 0.5) is 11.4 Å². The first-order chi connectivity index (χ1) is 15.0. The molecule has 7 heteroatoms. The van der Waals surface area contributed by atoms with E-state index in [2.05, 4.69) is 41.4 Å². The van der Waals surface area contributed by atoms with Gasteiger partial charge in [0, 0.05) is 31.4 Å². The lowest BCUT2D eigenvalue weighted by atomic mass is 10.0. The van der Waals surface area contributed by atoms with Crippen LogP contribution in [0.2, 0.25) is 0 Å². The Morgan fingerprint density at radius 3 is 2.65 bits per heavy atom. The molecule has 1 aliphatic rings. The van der Waals surface area contributed by atoms with Crippen molar-refractivity contribution in [2.75, 3.05) is 16.8 Å². The van der Waals surface area contributed by atoms with Gasteiger partial charge in [-0.05, 0) is 30.0 Å². The normalized spacial score (nSPS) is 13.8. The Labute approximate surface area is 181 Å². The van der Waals surface area contributed by atoms with Crippen molar-refractivity contribution < 1.29 is 14.1 Å². The average molecular weight is 418 g/mol. The van der Waals surface area contributed by atoms with Gasteiger partial charge in [-0.15, -0.1) is 0 Å². The summed E-state index contributed by atoms with van der Waals surface area (Å²) < 4.78 is 5.32. The third-order valence-electron chi connectivity index (χ3n) is 5.41. The highest BCUT2D eigenvalue weighted by molar-refractivity contribution is 6.02. The van der Waals surface area contributed by atoms with Crippen LogP contribution in [0.1, 0.15) is 50.5 Å². The van der Waals surface area contributed by atoms with Gasteiger partial charge in [-0.3, -0.25) is 9.59 Å². The van der Waals surface area contributed by atoms with E-state index in [1.807, 2.05) is 36.4 Å². The van der Waals surface area contributed by atoms with Crippen molar-refractivity contribution in [2.24, 2.45) is 0 Å². The highest BCUT2D eigenvalue weighted by Crippen LogP contribution is 2.29. The van der Waals surface area contributed by atoms with Gasteiger partial charge >= 0.3 is 0 Å². The second-order valence-electron chi connectivity index (χ2n) is 8.00. The number of amides is 2. The predicted molar refractivity (Wildman–Crippen MR) is 119 cm³/mol. The maximum atomic E-state index is 12.5. The number of carbonyl (C=O) groups is 2. The number of aromatic nitrogens is 2. The number of anilines is 2. The summed E-state index contributed by atoms with van der Waals surface area (Å²) in [7, 11) is 0. The Hall–Kier alpha value is -3.48. The van der Waals surface area contributed by atoms with Gasteiger partial charge < -0.3 is 14.7 Å². The molecule has 2 heterocycles. The van der Waals surface area contributed by atoms with Crippen molar-refractivity contribution in [3.8, 4) is 11.4 Å². The van der Waals surface area contributed by atoms with Crippen molar-refractivity contribution in [3.05, 3.63) is 60.0 Å². The van der Waals surface area contributed by atoms with Gasteiger partial charge in [-0.1, -0.05) is 55.4 Å². The van der Waals surface area contributed by atoms with Gasteiger partial charge in [0.1, 0.15) is 0 Å². The van der Waals surface area contributed by atoms with Crippen LogP contribution in [0.3, 0.4) is 0 Å². The summed E-state index contributed by atoms with van der Waals surface area (Å²) in [5.74, 6) is 1.31. The van der Waals surface area contributed by atoms with Crippen LogP contribution < -0.4 is 10.2 Å². The number of nitrogens with one attached hydrogen (secondary N) is 1. The Balaban J connectivity index is 1.36. The number of para-hydroxylation sites is 2. The van der Waals surface area contributed by atoms with E-state index in [4.69, 9.17) is 4.52 Å². The minimum Gasteiger partial charge on any atom is -0.339 e. The number of benzene rings is 2. The molecule has 0 bridgehead atoms. The molecule has 2 aromatic carbocycles. The highest BCUT2D eigenvalue weighted by atomic mass is 16.5. The number of rotatable bonds is 7. The Kier molecular flexibility index (Phi) is 6.11. The molecule has 4 rings (SSSR count). The largest absolute Gasteiger partial charge is 0.339 e. The molecule has 3 aromatic rings. The van der Waals surface area contributed by atoms with E-state index >= 15 is 0 Å². The molecule has 0 aliphatic carbocycles. The summed E-state index contributed by atoms with van der Waals surface area (Å²) >= 11 is 0. The van der Waals surface area contributed by atoms with Crippen LogP contribution in [-0.4, -0.2) is 28.5 Å². The summed E-state index contributed by atoms with van der Waals surface area (Å²) in [6.07, 6.45) is 1.92. The first-order valence-electron chi connectivity index (χ1n) is 10.6. The van der Waals surface area contributed by atoms with Crippen LogP contribution in [0.5, 0.6) is 0 Å². The van der Waals surface area contributed by atoms with E-state index in [1.165, 1.54) is 5.56 Å². The molecule has 7 nitrogen and oxygen atoms in total. The van der Waals surface area contributed by atoms with Gasteiger partial charge in [0.05, 0.1) is 11.4 Å². The van der Waals surface area contributed by atoms with E-state index in [0.29, 0.717) is 42.7 Å². The maximum absolute atomic E-state index is 12.5. The first-order valence-corrected chi connectivity index (χ1v) is 10.6. The molecule has 0 spiro atoms. The summed E-state index contributed by atoms with van der Waals surface area (Å²) in [5, 5.41) is 6.95. The summed E-state index contributed by atoms with van der Waals surface area (Å²) in [6.45, 7) is 4.97. The highest BCUT2D eigenvalue weighted by Gasteiger charge is 2.24. The van der Waals surface area contributed by atoms with Crippen molar-refractivity contribution in [1.29, 1.82) is 0 Å². The van der Waals surface area contributed by atoms with E-state index in [-0.39, 0.29) is 18.2 Å². The van der Waals surface area contributed by atoms with Crippen LogP contribution in [0, 0.1) is 0 Å². The summed E-state index contributed by atoms with van der Waals surface area (Å²) in [6, 6.07) is 15.5. The zero-order chi connectivity index (χ0) is 21.8. The molecule has 1 aliphatic heterocycles. The van der Waals surface area contributed by atoms with Crippen LogP contribution in [-0.2, 0) is 16.0 Å². The zero-order valence-electron chi connectivity index (χ0n) is 17.8. The monoisotopic (exact) mass is 418 g/mol. The molecule has 1 aromatic heterocycles. The molecule has 0 unspecified atom stereocenters. The smallest absolute Gasteiger partial charge is 0.227 e. The fourth-order valence-corrected chi connectivity index (χ4v) is 3.64. The average Bonchev–Trinajstić information content (AvgIpc) is 3.42. The Morgan fingerprint density at radius 1 is 1.16 bits per heavy atom. The van der Waals surface area contributed by atoms with Crippen LogP contribution in [0.25, 0.3) is 11.4 Å². The number of hydrogen-bond donors (Lipinski definition) is 1. The molecule has 160 valence electrons. The lowest BCUT2D eigenvalue weighted by molar-refractivity contribution is -0.117. The topological polar surface area (TPSA) is 88.3 Å². The van der Waals surface area contributed by atoms with Crippen molar-refractivity contribution in [1.82, 2.24) is 10.1 Å². The predicted octanol–water partition coefficient (Wildman–Crippen LogP) is 4.56. The van der Waals surface area contributed by atoms with Gasteiger partial charge in [0.25, 0.3) is 0 Å². The summed E-state index contributed by atoms with van der Waals surface area (Å²) in [4.78, 5) is 30.7. The molecule has 1 saturated heterocycles. The lowest BCUT2D eigenvalue weighted by Crippen LogP contribution is -2.25. The number of carbonyl (C=O) groups excluding carboxylic acids is 2. The quantitative estimate of drug-likeness (QED) is 0.608. The van der Waals surface area contributed by atoms with Crippen LogP contribution >= 0.6 is 0 Å². The number of aryl methyl sites for hydroxylation is 1. The van der Waals surface area contributed by atoms with Gasteiger partial charge in [0.2, 0.25) is 23.5 Å². The van der Waals surface area contributed by atoms with Crippen molar-refractivity contribution >= 4 is 23.2 Å². The number of hydrogen-bond acceptors (Lipinski definition) is 5. The maximum Gasteiger partial charge on any atom is 0.227 e. The standard InChI is InChI=1S/C24H26N4O3/c1-16(2)17-9-11-18(12-10-17)24-26-22(31-27-24)14-13-21(29)25-19-6-3-4-7-20(19)28-15-5-8-23(28)30/h3-4,6-7,9-12,16H,5,8,13-15H2,1-2H3,(H,25,29). The molecule has 0 atom stereocenters. The van der Waals surface area contributed by atoms with E-state index < -0.39 is 0 Å². The minimum absolute atomic E-state index is 0.0847. The zero-order valence-corrected chi connectivity index (χ0v) is 17.8. The summed E-state index contributed by atoms with van der Waals surface area (Å²) in [5.41, 5.74) is 3.51. The lowest BCUT2D eigenvalue weighted by Gasteiger charge is -2.19. The second kappa shape index (κ2) is 9.12. The molecule has 2 amide bonds. The Morgan fingerprint density at radius 2 is 1.94 bits per heavy atom. The number of nitrogens with zero attached hydrogens (tertiary/aromatic N) is 3. The van der Waals surface area contributed by atoms with Gasteiger partial charge in [-0.25, -0.2) is 0 Å². The first kappa shape index (κ1) is 20.8. The van der Waals surface area contributed by atoms with E-state index in [0.717, 1.165) is 17.7 Å². The van der Waals surface area contributed by atoms with Crippen molar-refractivity contribution in [3.63, 3.8) is 0 Å². The van der Waals surface area contributed by atoms with E-state index in [1.54, 1.807) is 4.90 Å². The minimum atomic E-state index is -0.167.